The first-order chi connectivity index (χ1) is 13.0. The van der Waals surface area contributed by atoms with Crippen molar-refractivity contribution in [3.05, 3.63) is 71.0 Å². The van der Waals surface area contributed by atoms with E-state index in [1.807, 2.05) is 24.3 Å². The molecule has 0 aliphatic carbocycles. The lowest BCUT2D eigenvalue weighted by Gasteiger charge is -2.36. The standard InChI is InChI=1S/C20H19ClFN3O2/c21-15-6-4-14(5-7-15)18-13-20(27-24-18)8-10-25(11-9-20)19(26)23-17-3-1-2-16(22)12-17/h1-7,12-13,24H,8-11H2,(H,23,26). The van der Waals surface area contributed by atoms with Crippen LogP contribution in [0.1, 0.15) is 18.4 Å². The van der Waals surface area contributed by atoms with Crippen molar-refractivity contribution in [3.8, 4) is 0 Å². The Morgan fingerprint density at radius 3 is 2.63 bits per heavy atom. The fourth-order valence-corrected chi connectivity index (χ4v) is 3.48. The Labute approximate surface area is 161 Å². The van der Waals surface area contributed by atoms with E-state index in [2.05, 4.69) is 16.9 Å². The molecule has 2 aromatic carbocycles. The molecule has 27 heavy (non-hydrogen) atoms. The number of halogens is 2. The van der Waals surface area contributed by atoms with Crippen LogP contribution < -0.4 is 10.8 Å². The number of amides is 2. The topological polar surface area (TPSA) is 53.6 Å². The van der Waals surface area contributed by atoms with Crippen molar-refractivity contribution in [1.29, 1.82) is 0 Å². The third-order valence-electron chi connectivity index (χ3n) is 4.90. The molecule has 0 saturated carbocycles. The van der Waals surface area contributed by atoms with Gasteiger partial charge < -0.3 is 10.2 Å². The zero-order valence-corrected chi connectivity index (χ0v) is 15.3. The predicted molar refractivity (Wildman–Crippen MR) is 103 cm³/mol. The van der Waals surface area contributed by atoms with E-state index in [1.54, 1.807) is 17.0 Å². The van der Waals surface area contributed by atoms with Crippen LogP contribution in [0.2, 0.25) is 5.02 Å². The number of likely N-dealkylation sites (tertiary alicyclic amines) is 1. The SMILES string of the molecule is O=C(Nc1cccc(F)c1)N1CCC2(C=C(c3ccc(Cl)cc3)NO2)CC1. The highest BCUT2D eigenvalue weighted by molar-refractivity contribution is 6.30. The lowest BCUT2D eigenvalue weighted by Crippen LogP contribution is -2.48. The molecule has 0 atom stereocenters. The minimum absolute atomic E-state index is 0.233. The number of hydroxylamine groups is 1. The van der Waals surface area contributed by atoms with Gasteiger partial charge in [-0.25, -0.2) is 9.18 Å². The first kappa shape index (κ1) is 17.8. The van der Waals surface area contributed by atoms with E-state index < -0.39 is 5.60 Å². The van der Waals surface area contributed by atoms with E-state index in [9.17, 15) is 9.18 Å². The Bertz CT molecular complexity index is 877. The Balaban J connectivity index is 1.38. The summed E-state index contributed by atoms with van der Waals surface area (Å²) in [5, 5.41) is 3.42. The van der Waals surface area contributed by atoms with Gasteiger partial charge in [-0.15, -0.1) is 0 Å². The second-order valence-electron chi connectivity index (χ2n) is 6.76. The maximum absolute atomic E-state index is 13.3. The Hall–Kier alpha value is -2.57. The van der Waals surface area contributed by atoms with Crippen LogP contribution in [0.5, 0.6) is 0 Å². The number of anilines is 1. The van der Waals surface area contributed by atoms with Crippen molar-refractivity contribution in [2.24, 2.45) is 0 Å². The Kier molecular flexibility index (Phi) is 4.76. The lowest BCUT2D eigenvalue weighted by molar-refractivity contribution is -0.0634. The summed E-state index contributed by atoms with van der Waals surface area (Å²) >= 11 is 5.94. The van der Waals surface area contributed by atoms with Gasteiger partial charge in [0.05, 0.1) is 5.70 Å². The number of carbonyl (C=O) groups excluding carboxylic acids is 1. The number of hydrogen-bond donors (Lipinski definition) is 2. The molecule has 2 heterocycles. The van der Waals surface area contributed by atoms with Gasteiger partial charge in [0.25, 0.3) is 0 Å². The molecule has 1 fully saturated rings. The highest BCUT2D eigenvalue weighted by Crippen LogP contribution is 2.35. The van der Waals surface area contributed by atoms with Gasteiger partial charge in [0.1, 0.15) is 11.4 Å². The molecular weight excluding hydrogens is 369 g/mol. The molecule has 4 rings (SSSR count). The third-order valence-corrected chi connectivity index (χ3v) is 5.15. The summed E-state index contributed by atoms with van der Waals surface area (Å²) in [6.45, 7) is 1.10. The molecule has 1 saturated heterocycles. The number of hydrogen-bond acceptors (Lipinski definition) is 3. The normalized spacial score (nSPS) is 18.1. The van der Waals surface area contributed by atoms with Gasteiger partial charge in [-0.05, 0) is 42.0 Å². The minimum Gasteiger partial charge on any atom is -0.324 e. The number of piperidine rings is 1. The largest absolute Gasteiger partial charge is 0.324 e. The molecule has 2 N–H and O–H groups in total. The highest BCUT2D eigenvalue weighted by Gasteiger charge is 2.39. The maximum Gasteiger partial charge on any atom is 0.321 e. The summed E-state index contributed by atoms with van der Waals surface area (Å²) in [6, 6.07) is 13.2. The third kappa shape index (κ3) is 3.91. The number of benzene rings is 2. The van der Waals surface area contributed by atoms with Gasteiger partial charge in [0.15, 0.2) is 0 Å². The molecule has 2 aliphatic rings. The number of nitrogens with zero attached hydrogens (tertiary/aromatic N) is 1. The first-order valence-corrected chi connectivity index (χ1v) is 9.15. The van der Waals surface area contributed by atoms with E-state index in [0.717, 1.165) is 11.3 Å². The molecule has 5 nitrogen and oxygen atoms in total. The Morgan fingerprint density at radius 2 is 1.93 bits per heavy atom. The Morgan fingerprint density at radius 1 is 1.19 bits per heavy atom. The zero-order chi connectivity index (χ0) is 18.9. The van der Waals surface area contributed by atoms with Crippen molar-refractivity contribution in [2.45, 2.75) is 18.4 Å². The number of urea groups is 1. The molecule has 0 radical (unpaired) electrons. The zero-order valence-electron chi connectivity index (χ0n) is 14.5. The number of nitrogens with one attached hydrogen (secondary N) is 2. The van der Waals surface area contributed by atoms with E-state index in [1.165, 1.54) is 12.1 Å². The first-order valence-electron chi connectivity index (χ1n) is 8.77. The smallest absolute Gasteiger partial charge is 0.321 e. The van der Waals surface area contributed by atoms with Crippen molar-refractivity contribution < 1.29 is 14.0 Å². The maximum atomic E-state index is 13.3. The summed E-state index contributed by atoms with van der Waals surface area (Å²) in [6.07, 6.45) is 3.43. The van der Waals surface area contributed by atoms with Gasteiger partial charge in [0.2, 0.25) is 0 Å². The molecule has 2 amide bonds. The van der Waals surface area contributed by atoms with Crippen LogP contribution in [-0.2, 0) is 4.84 Å². The van der Waals surface area contributed by atoms with Crippen LogP contribution >= 0.6 is 11.6 Å². The van der Waals surface area contributed by atoms with Gasteiger partial charge in [-0.2, -0.15) is 0 Å². The second-order valence-corrected chi connectivity index (χ2v) is 7.20. The average molecular weight is 388 g/mol. The number of carbonyl (C=O) groups is 1. The molecule has 7 heteroatoms. The van der Waals surface area contributed by atoms with E-state index in [0.29, 0.717) is 36.6 Å². The van der Waals surface area contributed by atoms with E-state index in [-0.39, 0.29) is 11.8 Å². The second kappa shape index (κ2) is 7.21. The van der Waals surface area contributed by atoms with Crippen molar-refractivity contribution in [3.63, 3.8) is 0 Å². The van der Waals surface area contributed by atoms with Gasteiger partial charge in [-0.3, -0.25) is 10.3 Å². The van der Waals surface area contributed by atoms with Crippen LogP contribution in [0, 0.1) is 5.82 Å². The summed E-state index contributed by atoms with van der Waals surface area (Å²) in [5.74, 6) is -0.379. The molecule has 0 aromatic heterocycles. The fraction of sp³-hybridized carbons (Fsp3) is 0.250. The molecule has 1 spiro atoms. The number of rotatable bonds is 2. The van der Waals surface area contributed by atoms with Gasteiger partial charge in [-0.1, -0.05) is 29.8 Å². The lowest BCUT2D eigenvalue weighted by atomic mass is 9.90. The molecule has 140 valence electrons. The quantitative estimate of drug-likeness (QED) is 0.802. The molecule has 2 aliphatic heterocycles. The van der Waals surface area contributed by atoms with Crippen molar-refractivity contribution in [1.82, 2.24) is 10.4 Å². The summed E-state index contributed by atoms with van der Waals surface area (Å²) in [7, 11) is 0. The van der Waals surface area contributed by atoms with Crippen LogP contribution in [0.25, 0.3) is 5.70 Å². The highest BCUT2D eigenvalue weighted by atomic mass is 35.5. The molecule has 0 unspecified atom stereocenters. The molecule has 0 bridgehead atoms. The van der Waals surface area contributed by atoms with Gasteiger partial charge in [0, 0.05) is 36.6 Å². The monoisotopic (exact) mass is 387 g/mol. The summed E-state index contributed by atoms with van der Waals surface area (Å²) in [4.78, 5) is 20.0. The predicted octanol–water partition coefficient (Wildman–Crippen LogP) is 4.42. The fourth-order valence-electron chi connectivity index (χ4n) is 3.35. The van der Waals surface area contributed by atoms with Crippen LogP contribution in [-0.4, -0.2) is 29.6 Å². The summed E-state index contributed by atoms with van der Waals surface area (Å²) in [5.41, 5.74) is 4.93. The molecule has 2 aromatic rings. The summed E-state index contributed by atoms with van der Waals surface area (Å²) < 4.78 is 13.3. The van der Waals surface area contributed by atoms with Gasteiger partial charge >= 0.3 is 6.03 Å². The molecular formula is C20H19ClFN3O2. The van der Waals surface area contributed by atoms with Crippen LogP contribution in [0.3, 0.4) is 0 Å². The van der Waals surface area contributed by atoms with Crippen LogP contribution in [0.4, 0.5) is 14.9 Å². The van der Waals surface area contributed by atoms with Crippen molar-refractivity contribution in [2.75, 3.05) is 18.4 Å². The minimum atomic E-state index is -0.426. The average Bonchev–Trinajstić information content (AvgIpc) is 3.06. The van der Waals surface area contributed by atoms with E-state index in [4.69, 9.17) is 16.4 Å². The van der Waals surface area contributed by atoms with E-state index >= 15 is 0 Å². The van der Waals surface area contributed by atoms with Crippen molar-refractivity contribution >= 4 is 29.0 Å². The van der Waals surface area contributed by atoms with Crippen LogP contribution in [0.15, 0.2) is 54.6 Å².